The molecule has 0 saturated carbocycles. The van der Waals surface area contributed by atoms with Crippen LogP contribution in [-0.4, -0.2) is 61.4 Å². The molecule has 1 atom stereocenters. The monoisotopic (exact) mass is 512 g/mol. The molecule has 10 heteroatoms. The zero-order chi connectivity index (χ0) is 25.6. The first-order valence-electron chi connectivity index (χ1n) is 11.4. The topological polar surface area (TPSA) is 51.2 Å². The molecule has 3 rings (SSSR count). The van der Waals surface area contributed by atoms with E-state index in [0.717, 1.165) is 23.4 Å². The molecule has 192 valence electrons. The molecule has 0 spiro atoms. The van der Waals surface area contributed by atoms with Gasteiger partial charge in [-0.3, -0.25) is 9.69 Å². The Labute approximate surface area is 208 Å². The van der Waals surface area contributed by atoms with Crippen LogP contribution in [0.1, 0.15) is 45.6 Å². The Bertz CT molecular complexity index is 993. The number of alkyl halides is 3. The molecule has 1 unspecified atom stereocenters. The Kier molecular flexibility index (Phi) is 9.46. The van der Waals surface area contributed by atoms with Crippen LogP contribution in [0, 0.1) is 13.8 Å². The lowest BCUT2D eigenvalue weighted by molar-refractivity contribution is -0.160. The van der Waals surface area contributed by atoms with E-state index in [-0.39, 0.29) is 17.5 Å². The van der Waals surface area contributed by atoms with Gasteiger partial charge in [0.15, 0.2) is 0 Å². The Hall–Kier alpha value is -2.27. The maximum Gasteiger partial charge on any atom is 0.416 e. The van der Waals surface area contributed by atoms with Gasteiger partial charge in [0, 0.05) is 49.8 Å². The zero-order valence-corrected chi connectivity index (χ0v) is 21.2. The smallest absolute Gasteiger partial charge is 0.416 e. The van der Waals surface area contributed by atoms with E-state index in [1.54, 1.807) is 4.90 Å². The Morgan fingerprint density at radius 3 is 2.29 bits per heavy atom. The first kappa shape index (κ1) is 27.3. The highest BCUT2D eigenvalue weighted by Crippen LogP contribution is 2.32. The third kappa shape index (κ3) is 6.91. The fourth-order valence-corrected chi connectivity index (χ4v) is 4.50. The highest BCUT2D eigenvalue weighted by molar-refractivity contribution is 7.94. The fourth-order valence-electron chi connectivity index (χ4n) is 4.19. The number of hydrogen-bond donors (Lipinski definition) is 0. The van der Waals surface area contributed by atoms with Gasteiger partial charge in [0.1, 0.15) is 5.75 Å². The summed E-state index contributed by atoms with van der Waals surface area (Å²) < 4.78 is 49.0. The number of carbonyl (C=O) groups excluding carboxylic acids is 1. The number of amides is 1. The zero-order valence-electron chi connectivity index (χ0n) is 20.4. The summed E-state index contributed by atoms with van der Waals surface area (Å²) in [5.41, 5.74) is 2.97. The summed E-state index contributed by atoms with van der Waals surface area (Å²) in [6.45, 7) is 9.17. The van der Waals surface area contributed by atoms with Gasteiger partial charge in [-0.1, -0.05) is 6.07 Å². The number of hydrogen-bond acceptors (Lipinski definition) is 6. The SMILES string of the molecule is COOSCCOc1ccc(C(C)N2CCN(C(=O)c3ccc(C(F)(F)F)cc3)CC2)c(C)c1C. The molecule has 6 nitrogen and oxygen atoms in total. The molecule has 2 aromatic rings. The minimum atomic E-state index is -4.41. The van der Waals surface area contributed by atoms with Gasteiger partial charge in [-0.2, -0.15) is 17.5 Å². The van der Waals surface area contributed by atoms with Crippen LogP contribution in [-0.2, 0) is 15.4 Å². The van der Waals surface area contributed by atoms with Crippen molar-refractivity contribution < 1.29 is 31.9 Å². The van der Waals surface area contributed by atoms with E-state index in [1.165, 1.54) is 42.4 Å². The summed E-state index contributed by atoms with van der Waals surface area (Å²) in [4.78, 5) is 21.3. The molecule has 1 fully saturated rings. The number of halogens is 3. The van der Waals surface area contributed by atoms with Crippen LogP contribution in [0.2, 0.25) is 0 Å². The summed E-state index contributed by atoms with van der Waals surface area (Å²) in [7, 11) is 1.46. The lowest BCUT2D eigenvalue weighted by Crippen LogP contribution is -2.49. The van der Waals surface area contributed by atoms with Crippen molar-refractivity contribution in [2.75, 3.05) is 45.6 Å². The molecule has 1 aliphatic heterocycles. The Morgan fingerprint density at radius 2 is 1.69 bits per heavy atom. The normalized spacial score (nSPS) is 15.8. The van der Waals surface area contributed by atoms with Crippen LogP contribution in [0.3, 0.4) is 0 Å². The average molecular weight is 513 g/mol. The summed E-state index contributed by atoms with van der Waals surface area (Å²) in [5, 5.41) is 0. The number of rotatable bonds is 9. The molecule has 2 aromatic carbocycles. The number of benzene rings is 2. The molecular weight excluding hydrogens is 481 g/mol. The van der Waals surface area contributed by atoms with Crippen molar-refractivity contribution in [2.45, 2.75) is 33.0 Å². The van der Waals surface area contributed by atoms with Gasteiger partial charge < -0.3 is 9.64 Å². The van der Waals surface area contributed by atoms with Crippen LogP contribution < -0.4 is 4.74 Å². The molecule has 1 saturated heterocycles. The van der Waals surface area contributed by atoms with E-state index < -0.39 is 11.7 Å². The first-order chi connectivity index (χ1) is 16.6. The Balaban J connectivity index is 1.57. The van der Waals surface area contributed by atoms with E-state index >= 15 is 0 Å². The van der Waals surface area contributed by atoms with Gasteiger partial charge in [0.2, 0.25) is 0 Å². The average Bonchev–Trinajstić information content (AvgIpc) is 2.85. The minimum Gasteiger partial charge on any atom is -0.492 e. The molecule has 1 amide bonds. The number of carbonyl (C=O) groups is 1. The van der Waals surface area contributed by atoms with Gasteiger partial charge >= 0.3 is 6.18 Å². The molecule has 35 heavy (non-hydrogen) atoms. The van der Waals surface area contributed by atoms with Crippen molar-refractivity contribution in [1.82, 2.24) is 9.80 Å². The van der Waals surface area contributed by atoms with E-state index in [2.05, 4.69) is 29.7 Å². The maximum atomic E-state index is 12.8. The molecule has 0 bridgehead atoms. The second-order valence-electron chi connectivity index (χ2n) is 8.39. The first-order valence-corrected chi connectivity index (χ1v) is 12.3. The van der Waals surface area contributed by atoms with Crippen LogP contribution in [0.25, 0.3) is 0 Å². The Morgan fingerprint density at radius 1 is 1.03 bits per heavy atom. The van der Waals surface area contributed by atoms with Gasteiger partial charge in [-0.25, -0.2) is 4.89 Å². The minimum absolute atomic E-state index is 0.150. The van der Waals surface area contributed by atoms with Crippen LogP contribution in [0.15, 0.2) is 36.4 Å². The fraction of sp³-hybridized carbons (Fsp3) is 0.480. The predicted molar refractivity (Wildman–Crippen MR) is 129 cm³/mol. The number of ether oxygens (including phenoxy) is 1. The predicted octanol–water partition coefficient (Wildman–Crippen LogP) is 5.45. The van der Waals surface area contributed by atoms with Crippen molar-refractivity contribution in [3.8, 4) is 5.75 Å². The molecule has 1 aliphatic rings. The molecule has 0 radical (unpaired) electrons. The number of nitrogens with zero attached hydrogens (tertiary/aromatic N) is 2. The third-order valence-electron chi connectivity index (χ3n) is 6.38. The highest BCUT2D eigenvalue weighted by Gasteiger charge is 2.31. The summed E-state index contributed by atoms with van der Waals surface area (Å²) in [5.74, 6) is 1.23. The van der Waals surface area contributed by atoms with Crippen molar-refractivity contribution in [3.63, 3.8) is 0 Å². The van der Waals surface area contributed by atoms with E-state index in [9.17, 15) is 18.0 Å². The van der Waals surface area contributed by atoms with Crippen LogP contribution in [0.4, 0.5) is 13.2 Å². The van der Waals surface area contributed by atoms with Gasteiger partial charge in [0.05, 0.1) is 25.0 Å². The largest absolute Gasteiger partial charge is 0.492 e. The van der Waals surface area contributed by atoms with Crippen LogP contribution in [0.5, 0.6) is 5.75 Å². The van der Waals surface area contributed by atoms with Crippen molar-refractivity contribution >= 4 is 17.9 Å². The quantitative estimate of drug-likeness (QED) is 0.193. The van der Waals surface area contributed by atoms with Gasteiger partial charge in [-0.15, -0.1) is 0 Å². The second kappa shape index (κ2) is 12.1. The van der Waals surface area contributed by atoms with Crippen molar-refractivity contribution in [3.05, 3.63) is 64.2 Å². The molecule has 0 aromatic heterocycles. The molecular formula is C25H31F3N2O4S. The number of piperazine rings is 1. The standard InChI is InChI=1S/C25H31F3N2O4S/c1-17-18(2)23(33-15-16-35-34-32-4)10-9-22(17)19(3)29-11-13-30(14-12-29)24(31)20-5-7-21(8-6-20)25(26,27)28/h5-10,19H,11-16H2,1-4H3. The van der Waals surface area contributed by atoms with Crippen molar-refractivity contribution in [1.29, 1.82) is 0 Å². The molecule has 0 aliphatic carbocycles. The van der Waals surface area contributed by atoms with Gasteiger partial charge in [-0.05, 0) is 67.8 Å². The molecule has 1 heterocycles. The third-order valence-corrected chi connectivity index (χ3v) is 6.94. The highest BCUT2D eigenvalue weighted by atomic mass is 32.2. The van der Waals surface area contributed by atoms with Crippen molar-refractivity contribution in [2.24, 2.45) is 0 Å². The summed E-state index contributed by atoms with van der Waals surface area (Å²) in [6, 6.07) is 8.63. The molecule has 0 N–H and O–H groups in total. The van der Waals surface area contributed by atoms with Crippen LogP contribution >= 0.6 is 12.0 Å². The van der Waals surface area contributed by atoms with E-state index in [4.69, 9.17) is 9.07 Å². The summed E-state index contributed by atoms with van der Waals surface area (Å²) in [6.07, 6.45) is -4.41. The van der Waals surface area contributed by atoms with E-state index in [0.29, 0.717) is 38.5 Å². The lowest BCUT2D eigenvalue weighted by atomic mass is 9.96. The van der Waals surface area contributed by atoms with Gasteiger partial charge in [0.25, 0.3) is 5.91 Å². The lowest BCUT2D eigenvalue weighted by Gasteiger charge is -2.39. The summed E-state index contributed by atoms with van der Waals surface area (Å²) >= 11 is 1.18. The second-order valence-corrected chi connectivity index (χ2v) is 9.17. The van der Waals surface area contributed by atoms with E-state index in [1.807, 2.05) is 13.0 Å². The maximum absolute atomic E-state index is 12.8.